The maximum atomic E-state index is 11.6. The Morgan fingerprint density at radius 3 is 2.43 bits per heavy atom. The molecule has 1 atom stereocenters. The van der Waals surface area contributed by atoms with Gasteiger partial charge in [0.2, 0.25) is 5.91 Å². The minimum absolute atomic E-state index is 0. The Bertz CT molecular complexity index is 477. The smallest absolute Gasteiger partial charge is 0.243 e. The third-order valence-electron chi connectivity index (χ3n) is 3.45. The molecule has 0 bridgehead atoms. The van der Waals surface area contributed by atoms with Crippen LogP contribution in [0.2, 0.25) is 0 Å². The Labute approximate surface area is 157 Å². The van der Waals surface area contributed by atoms with Crippen molar-refractivity contribution in [2.24, 2.45) is 4.99 Å². The number of hydrogen-bond acceptors (Lipinski definition) is 2. The van der Waals surface area contributed by atoms with E-state index in [0.29, 0.717) is 11.9 Å². The summed E-state index contributed by atoms with van der Waals surface area (Å²) in [7, 11) is 3.47. The molecule has 130 valence electrons. The Balaban J connectivity index is 0.00000484. The molecule has 0 radical (unpaired) electrons. The van der Waals surface area contributed by atoms with Gasteiger partial charge in [0.15, 0.2) is 5.96 Å². The third-order valence-corrected chi connectivity index (χ3v) is 3.45. The van der Waals surface area contributed by atoms with Gasteiger partial charge < -0.3 is 15.5 Å². The van der Waals surface area contributed by atoms with Crippen molar-refractivity contribution in [1.29, 1.82) is 0 Å². The highest BCUT2D eigenvalue weighted by atomic mass is 127. The summed E-state index contributed by atoms with van der Waals surface area (Å²) in [6, 6.07) is 10.5. The normalized spacial score (nSPS) is 12.1. The third kappa shape index (κ3) is 8.78. The number of carbonyl (C=O) groups is 1. The zero-order chi connectivity index (χ0) is 16.4. The quantitative estimate of drug-likeness (QED) is 0.396. The molecule has 0 saturated heterocycles. The van der Waals surface area contributed by atoms with Crippen molar-refractivity contribution >= 4 is 35.8 Å². The molecular weight excluding hydrogens is 403 g/mol. The number of nitrogens with one attached hydrogen (secondary N) is 2. The SMILES string of the molecule is CCNC(=NCC(=O)N(C)C)NCCC(C)c1ccccc1.I. The van der Waals surface area contributed by atoms with Crippen molar-refractivity contribution in [2.45, 2.75) is 26.2 Å². The lowest BCUT2D eigenvalue weighted by atomic mass is 9.98. The van der Waals surface area contributed by atoms with Crippen molar-refractivity contribution in [3.8, 4) is 0 Å². The maximum Gasteiger partial charge on any atom is 0.243 e. The van der Waals surface area contributed by atoms with Crippen LogP contribution in [0.4, 0.5) is 0 Å². The van der Waals surface area contributed by atoms with Gasteiger partial charge in [0.1, 0.15) is 6.54 Å². The van der Waals surface area contributed by atoms with Gasteiger partial charge in [-0.25, -0.2) is 4.99 Å². The van der Waals surface area contributed by atoms with E-state index in [9.17, 15) is 4.79 Å². The van der Waals surface area contributed by atoms with Crippen molar-refractivity contribution in [3.63, 3.8) is 0 Å². The van der Waals surface area contributed by atoms with Crippen LogP contribution in [-0.2, 0) is 4.79 Å². The molecule has 6 heteroatoms. The molecule has 1 aromatic carbocycles. The molecular formula is C17H29IN4O. The molecule has 0 aliphatic carbocycles. The number of nitrogens with zero attached hydrogens (tertiary/aromatic N) is 2. The fourth-order valence-corrected chi connectivity index (χ4v) is 1.99. The summed E-state index contributed by atoms with van der Waals surface area (Å²) < 4.78 is 0. The van der Waals surface area contributed by atoms with Crippen LogP contribution in [0, 0.1) is 0 Å². The fourth-order valence-electron chi connectivity index (χ4n) is 1.99. The number of carbonyl (C=O) groups excluding carboxylic acids is 1. The van der Waals surface area contributed by atoms with Crippen LogP contribution in [0.3, 0.4) is 0 Å². The second-order valence-electron chi connectivity index (χ2n) is 5.51. The van der Waals surface area contributed by atoms with Gasteiger partial charge in [-0.15, -0.1) is 24.0 Å². The Morgan fingerprint density at radius 1 is 1.22 bits per heavy atom. The Hall–Kier alpha value is -1.31. The zero-order valence-corrected chi connectivity index (χ0v) is 16.8. The number of halogens is 1. The van der Waals surface area contributed by atoms with Crippen LogP contribution in [-0.4, -0.2) is 50.5 Å². The van der Waals surface area contributed by atoms with E-state index in [-0.39, 0.29) is 36.4 Å². The molecule has 0 fully saturated rings. The number of aliphatic imine (C=N–C) groups is 1. The summed E-state index contributed by atoms with van der Waals surface area (Å²) in [5.74, 6) is 1.17. The van der Waals surface area contributed by atoms with Gasteiger partial charge in [-0.3, -0.25) is 4.79 Å². The van der Waals surface area contributed by atoms with Gasteiger partial charge >= 0.3 is 0 Å². The molecule has 1 amide bonds. The molecule has 1 rings (SSSR count). The monoisotopic (exact) mass is 432 g/mol. The second-order valence-corrected chi connectivity index (χ2v) is 5.51. The maximum absolute atomic E-state index is 11.6. The van der Waals surface area contributed by atoms with Crippen molar-refractivity contribution in [3.05, 3.63) is 35.9 Å². The standard InChI is InChI=1S/C17H28N4O.HI/c1-5-18-17(20-13-16(22)21(3)4)19-12-11-14(2)15-9-7-6-8-10-15;/h6-10,14H,5,11-13H2,1-4H3,(H2,18,19,20);1H. The fraction of sp³-hybridized carbons (Fsp3) is 0.529. The average Bonchev–Trinajstić information content (AvgIpc) is 2.52. The molecule has 23 heavy (non-hydrogen) atoms. The lowest BCUT2D eigenvalue weighted by Gasteiger charge is -2.15. The van der Waals surface area contributed by atoms with E-state index in [0.717, 1.165) is 19.5 Å². The summed E-state index contributed by atoms with van der Waals surface area (Å²) in [6.45, 7) is 5.99. The number of benzene rings is 1. The van der Waals surface area contributed by atoms with Crippen LogP contribution in [0.25, 0.3) is 0 Å². The number of rotatable bonds is 7. The van der Waals surface area contributed by atoms with E-state index in [2.05, 4.69) is 46.8 Å². The summed E-state index contributed by atoms with van der Waals surface area (Å²) >= 11 is 0. The number of amides is 1. The second kappa shape index (κ2) is 12.2. The van der Waals surface area contributed by atoms with E-state index < -0.39 is 0 Å². The minimum atomic E-state index is -0.00476. The molecule has 0 aliphatic heterocycles. The Morgan fingerprint density at radius 2 is 1.87 bits per heavy atom. The first-order valence-electron chi connectivity index (χ1n) is 7.81. The van der Waals surface area contributed by atoms with Gasteiger partial charge in [0.05, 0.1) is 0 Å². The van der Waals surface area contributed by atoms with E-state index in [1.807, 2.05) is 13.0 Å². The lowest BCUT2D eigenvalue weighted by Crippen LogP contribution is -2.39. The van der Waals surface area contributed by atoms with Crippen molar-refractivity contribution in [1.82, 2.24) is 15.5 Å². The topological polar surface area (TPSA) is 56.7 Å². The highest BCUT2D eigenvalue weighted by Gasteiger charge is 2.06. The van der Waals surface area contributed by atoms with Gasteiger partial charge in [0, 0.05) is 27.2 Å². The van der Waals surface area contributed by atoms with E-state index >= 15 is 0 Å². The minimum Gasteiger partial charge on any atom is -0.357 e. The van der Waals surface area contributed by atoms with Crippen LogP contribution in [0.1, 0.15) is 31.7 Å². The van der Waals surface area contributed by atoms with Gasteiger partial charge in [-0.1, -0.05) is 37.3 Å². The average molecular weight is 432 g/mol. The predicted octanol–water partition coefficient (Wildman–Crippen LogP) is 2.44. The predicted molar refractivity (Wildman–Crippen MR) is 108 cm³/mol. The first kappa shape index (κ1) is 21.7. The van der Waals surface area contributed by atoms with E-state index in [1.165, 1.54) is 5.56 Å². The lowest BCUT2D eigenvalue weighted by molar-refractivity contribution is -0.127. The molecule has 0 saturated carbocycles. The van der Waals surface area contributed by atoms with Crippen LogP contribution in [0.5, 0.6) is 0 Å². The van der Waals surface area contributed by atoms with Crippen LogP contribution >= 0.6 is 24.0 Å². The van der Waals surface area contributed by atoms with Crippen molar-refractivity contribution in [2.75, 3.05) is 33.7 Å². The number of hydrogen-bond donors (Lipinski definition) is 2. The molecule has 0 spiro atoms. The highest BCUT2D eigenvalue weighted by Crippen LogP contribution is 2.17. The first-order valence-corrected chi connectivity index (χ1v) is 7.81. The van der Waals surface area contributed by atoms with Crippen molar-refractivity contribution < 1.29 is 4.79 Å². The highest BCUT2D eigenvalue weighted by molar-refractivity contribution is 14.0. The van der Waals surface area contributed by atoms with Crippen LogP contribution < -0.4 is 10.6 Å². The molecule has 0 heterocycles. The molecule has 1 aromatic rings. The molecule has 1 unspecified atom stereocenters. The Kier molecular flexibility index (Phi) is 11.5. The molecule has 2 N–H and O–H groups in total. The summed E-state index contributed by atoms with van der Waals surface area (Å²) in [6.07, 6.45) is 1.01. The summed E-state index contributed by atoms with van der Waals surface area (Å²) in [5.41, 5.74) is 1.34. The van der Waals surface area contributed by atoms with E-state index in [4.69, 9.17) is 0 Å². The van der Waals surface area contributed by atoms with E-state index in [1.54, 1.807) is 19.0 Å². The molecule has 0 aliphatic rings. The largest absolute Gasteiger partial charge is 0.357 e. The van der Waals surface area contributed by atoms with Gasteiger partial charge in [-0.05, 0) is 24.8 Å². The first-order chi connectivity index (χ1) is 10.5. The van der Waals surface area contributed by atoms with Crippen LogP contribution in [0.15, 0.2) is 35.3 Å². The summed E-state index contributed by atoms with van der Waals surface area (Å²) in [4.78, 5) is 17.4. The number of likely N-dealkylation sites (N-methyl/N-ethyl adjacent to an activating group) is 1. The molecule has 0 aromatic heterocycles. The van der Waals surface area contributed by atoms with Gasteiger partial charge in [-0.2, -0.15) is 0 Å². The number of guanidine groups is 1. The zero-order valence-electron chi connectivity index (χ0n) is 14.5. The summed E-state index contributed by atoms with van der Waals surface area (Å²) in [5, 5.41) is 6.44. The molecule has 5 nitrogen and oxygen atoms in total. The van der Waals surface area contributed by atoms with Gasteiger partial charge in [0.25, 0.3) is 0 Å².